The number of hydrogen-bond donors (Lipinski definition) is 0. The van der Waals surface area contributed by atoms with Crippen LogP contribution in [0.4, 0.5) is 34.1 Å². The molecular weight excluding hydrogens is 629 g/mol. The molecule has 9 rings (SSSR count). The number of rotatable bonds is 8. The Bertz CT molecular complexity index is 2570. The maximum atomic E-state index is 2.33. The molecule has 0 fully saturated rings. The van der Waals surface area contributed by atoms with Crippen LogP contribution in [-0.2, 0) is 0 Å². The number of anilines is 6. The summed E-state index contributed by atoms with van der Waals surface area (Å²) in [7, 11) is 0. The Balaban J connectivity index is 1.08. The van der Waals surface area contributed by atoms with Crippen LogP contribution in [0.1, 0.15) is 0 Å². The molecule has 0 unspecified atom stereocenters. The minimum absolute atomic E-state index is 1.08. The number of benzene rings is 9. The van der Waals surface area contributed by atoms with Crippen molar-refractivity contribution in [2.45, 2.75) is 0 Å². The summed E-state index contributed by atoms with van der Waals surface area (Å²) in [6.07, 6.45) is 0. The van der Waals surface area contributed by atoms with E-state index in [1.807, 2.05) is 0 Å². The molecule has 2 heteroatoms. The number of fused-ring (bicyclic) bond motifs is 2. The largest absolute Gasteiger partial charge is 0.310 e. The van der Waals surface area contributed by atoms with E-state index in [0.717, 1.165) is 34.1 Å². The van der Waals surface area contributed by atoms with Gasteiger partial charge >= 0.3 is 0 Å². The number of nitrogens with zero attached hydrogens (tertiary/aromatic N) is 2. The standard InChI is InChI=1S/C50H36N2/c1-4-17-43(18-5-1)51(44-19-6-2-7-20-44)47-23-13-24-48(36-47)52(45-21-8-3-9-22-45)46-31-28-38(29-32-46)49-25-12-16-42-35-41(30-33-50(42)49)40-27-26-37-14-10-11-15-39(37)34-40/h1-36H. The molecule has 0 N–H and O–H groups in total. The molecule has 246 valence electrons. The summed E-state index contributed by atoms with van der Waals surface area (Å²) < 4.78 is 0. The Labute approximate surface area is 305 Å². The summed E-state index contributed by atoms with van der Waals surface area (Å²) in [4.78, 5) is 4.64. The number of hydrogen-bond acceptors (Lipinski definition) is 2. The zero-order valence-corrected chi connectivity index (χ0v) is 28.7. The van der Waals surface area contributed by atoms with Crippen molar-refractivity contribution in [2.75, 3.05) is 9.80 Å². The van der Waals surface area contributed by atoms with Crippen LogP contribution in [-0.4, -0.2) is 0 Å². The Morgan fingerprint density at radius 2 is 0.654 bits per heavy atom. The van der Waals surface area contributed by atoms with Crippen molar-refractivity contribution >= 4 is 55.7 Å². The second-order valence-electron chi connectivity index (χ2n) is 13.0. The van der Waals surface area contributed by atoms with Gasteiger partial charge in [0.2, 0.25) is 0 Å². The molecular formula is C50H36N2. The summed E-state index contributed by atoms with van der Waals surface area (Å²) in [6, 6.07) is 78.2. The maximum absolute atomic E-state index is 2.33. The molecule has 0 saturated carbocycles. The van der Waals surface area contributed by atoms with Gasteiger partial charge in [0, 0.05) is 34.1 Å². The monoisotopic (exact) mass is 664 g/mol. The van der Waals surface area contributed by atoms with Gasteiger partial charge < -0.3 is 9.80 Å². The molecule has 0 radical (unpaired) electrons. The average Bonchev–Trinajstić information content (AvgIpc) is 3.22. The third kappa shape index (κ3) is 6.08. The Morgan fingerprint density at radius 1 is 0.231 bits per heavy atom. The normalized spacial score (nSPS) is 11.1. The van der Waals surface area contributed by atoms with Crippen molar-refractivity contribution in [3.05, 3.63) is 218 Å². The van der Waals surface area contributed by atoms with Crippen LogP contribution in [0.3, 0.4) is 0 Å². The molecule has 0 aromatic heterocycles. The van der Waals surface area contributed by atoms with Gasteiger partial charge in [-0.1, -0.05) is 140 Å². The van der Waals surface area contributed by atoms with E-state index in [1.165, 1.54) is 43.8 Å². The molecule has 0 aliphatic rings. The molecule has 0 bridgehead atoms. The van der Waals surface area contributed by atoms with E-state index in [0.29, 0.717) is 0 Å². The highest BCUT2D eigenvalue weighted by Gasteiger charge is 2.17. The Morgan fingerprint density at radius 3 is 1.25 bits per heavy atom. The van der Waals surface area contributed by atoms with Crippen LogP contribution in [0, 0.1) is 0 Å². The summed E-state index contributed by atoms with van der Waals surface area (Å²) in [5.41, 5.74) is 11.5. The van der Waals surface area contributed by atoms with E-state index >= 15 is 0 Å². The van der Waals surface area contributed by atoms with Gasteiger partial charge in [-0.25, -0.2) is 0 Å². The van der Waals surface area contributed by atoms with Gasteiger partial charge in [0.05, 0.1) is 0 Å². The SMILES string of the molecule is c1ccc(N(c2ccccc2)c2cccc(N(c3ccccc3)c3ccc(-c4cccc5cc(-c6ccc7ccccc7c6)ccc45)cc3)c2)cc1. The van der Waals surface area contributed by atoms with Gasteiger partial charge in [0.25, 0.3) is 0 Å². The van der Waals surface area contributed by atoms with Gasteiger partial charge in [-0.05, 0) is 123 Å². The lowest BCUT2D eigenvalue weighted by molar-refractivity contribution is 1.25. The molecule has 0 saturated heterocycles. The van der Waals surface area contributed by atoms with Crippen LogP contribution >= 0.6 is 0 Å². The smallest absolute Gasteiger partial charge is 0.0482 e. The van der Waals surface area contributed by atoms with E-state index in [1.54, 1.807) is 0 Å². The van der Waals surface area contributed by atoms with Gasteiger partial charge in [0.15, 0.2) is 0 Å². The fourth-order valence-electron chi connectivity index (χ4n) is 7.27. The van der Waals surface area contributed by atoms with E-state index in [2.05, 4.69) is 228 Å². The van der Waals surface area contributed by atoms with Crippen molar-refractivity contribution in [1.29, 1.82) is 0 Å². The average molecular weight is 665 g/mol. The fraction of sp³-hybridized carbons (Fsp3) is 0. The summed E-state index contributed by atoms with van der Waals surface area (Å²) in [5.74, 6) is 0. The first-order valence-electron chi connectivity index (χ1n) is 17.8. The first-order valence-corrected chi connectivity index (χ1v) is 17.8. The number of para-hydroxylation sites is 3. The molecule has 0 amide bonds. The summed E-state index contributed by atoms with van der Waals surface area (Å²) in [5, 5.41) is 5.00. The van der Waals surface area contributed by atoms with E-state index in [9.17, 15) is 0 Å². The highest BCUT2D eigenvalue weighted by Crippen LogP contribution is 2.41. The minimum Gasteiger partial charge on any atom is -0.310 e. The highest BCUT2D eigenvalue weighted by molar-refractivity contribution is 5.99. The van der Waals surface area contributed by atoms with Crippen molar-refractivity contribution in [1.82, 2.24) is 0 Å². The van der Waals surface area contributed by atoms with Gasteiger partial charge in [-0.15, -0.1) is 0 Å². The first-order chi connectivity index (χ1) is 25.8. The topological polar surface area (TPSA) is 6.48 Å². The second kappa shape index (κ2) is 13.8. The maximum Gasteiger partial charge on any atom is 0.0482 e. The molecule has 2 nitrogen and oxygen atoms in total. The summed E-state index contributed by atoms with van der Waals surface area (Å²) >= 11 is 0. The van der Waals surface area contributed by atoms with Gasteiger partial charge in [-0.2, -0.15) is 0 Å². The van der Waals surface area contributed by atoms with Gasteiger partial charge in [-0.3, -0.25) is 0 Å². The van der Waals surface area contributed by atoms with Crippen molar-refractivity contribution in [2.24, 2.45) is 0 Å². The lowest BCUT2D eigenvalue weighted by Gasteiger charge is -2.29. The lowest BCUT2D eigenvalue weighted by Crippen LogP contribution is -2.13. The quantitative estimate of drug-likeness (QED) is 0.159. The molecule has 0 heterocycles. The Kier molecular flexibility index (Phi) is 8.24. The molecule has 0 aliphatic heterocycles. The van der Waals surface area contributed by atoms with Crippen LogP contribution in [0.2, 0.25) is 0 Å². The molecule has 0 spiro atoms. The zero-order valence-electron chi connectivity index (χ0n) is 28.7. The van der Waals surface area contributed by atoms with Crippen LogP contribution in [0.5, 0.6) is 0 Å². The minimum atomic E-state index is 1.08. The third-order valence-electron chi connectivity index (χ3n) is 9.79. The highest BCUT2D eigenvalue weighted by atomic mass is 15.2. The molecule has 0 aliphatic carbocycles. The van der Waals surface area contributed by atoms with Crippen molar-refractivity contribution < 1.29 is 0 Å². The van der Waals surface area contributed by atoms with E-state index in [-0.39, 0.29) is 0 Å². The predicted octanol–water partition coefficient (Wildman–Crippen LogP) is 14.3. The first kappa shape index (κ1) is 31.1. The van der Waals surface area contributed by atoms with Crippen LogP contribution < -0.4 is 9.80 Å². The Hall–Kier alpha value is -6.90. The van der Waals surface area contributed by atoms with E-state index < -0.39 is 0 Å². The molecule has 9 aromatic rings. The molecule has 0 atom stereocenters. The fourth-order valence-corrected chi connectivity index (χ4v) is 7.27. The predicted molar refractivity (Wildman–Crippen MR) is 222 cm³/mol. The van der Waals surface area contributed by atoms with Crippen LogP contribution in [0.15, 0.2) is 218 Å². The van der Waals surface area contributed by atoms with E-state index in [4.69, 9.17) is 0 Å². The summed E-state index contributed by atoms with van der Waals surface area (Å²) in [6.45, 7) is 0. The van der Waals surface area contributed by atoms with Crippen LogP contribution in [0.25, 0.3) is 43.8 Å². The van der Waals surface area contributed by atoms with Crippen molar-refractivity contribution in [3.8, 4) is 22.3 Å². The zero-order chi connectivity index (χ0) is 34.7. The third-order valence-corrected chi connectivity index (χ3v) is 9.79. The second-order valence-corrected chi connectivity index (χ2v) is 13.0. The van der Waals surface area contributed by atoms with Crippen molar-refractivity contribution in [3.63, 3.8) is 0 Å². The van der Waals surface area contributed by atoms with Gasteiger partial charge in [0.1, 0.15) is 0 Å². The lowest BCUT2D eigenvalue weighted by atomic mass is 9.94. The molecule has 52 heavy (non-hydrogen) atoms. The molecule has 9 aromatic carbocycles.